The first kappa shape index (κ1) is 27.2. The Balaban J connectivity index is -0.000000180. The smallest absolute Gasteiger partial charge is 0.0483 e. The standard InChI is InChI=1S/C6Br6.3H2O.Sb/c7-1-2(8)4(10)6(12)5(11)3(1)9;;;;/h;3*1H2;. The fourth-order valence-electron chi connectivity index (χ4n) is 0.578. The van der Waals surface area contributed by atoms with Gasteiger partial charge < -0.3 is 16.4 Å². The average molecular weight is 727 g/mol. The van der Waals surface area contributed by atoms with Gasteiger partial charge in [-0.1, -0.05) is 0 Å². The van der Waals surface area contributed by atoms with Gasteiger partial charge in [-0.2, -0.15) is 0 Å². The molecule has 0 aromatic heterocycles. The molecule has 16 heavy (non-hydrogen) atoms. The van der Waals surface area contributed by atoms with Gasteiger partial charge in [-0.05, 0) is 95.6 Å². The Bertz CT molecular complexity index is 243. The summed E-state index contributed by atoms with van der Waals surface area (Å²) in [6.45, 7) is 0. The Morgan fingerprint density at radius 1 is 0.375 bits per heavy atom. The summed E-state index contributed by atoms with van der Waals surface area (Å²) in [5.74, 6) is 0. The van der Waals surface area contributed by atoms with Crippen LogP contribution < -0.4 is 0 Å². The number of benzene rings is 1. The van der Waals surface area contributed by atoms with Gasteiger partial charge >= 0.3 is 0 Å². The fraction of sp³-hybridized carbons (Fsp3) is 0. The van der Waals surface area contributed by atoms with Gasteiger partial charge in [0.1, 0.15) is 0 Å². The fourth-order valence-corrected chi connectivity index (χ4v) is 4.55. The third-order valence-corrected chi connectivity index (χ3v) is 9.11. The normalized spacial score (nSPS) is 7.88. The van der Waals surface area contributed by atoms with Crippen molar-refractivity contribution in [2.75, 3.05) is 0 Å². The third kappa shape index (κ3) is 5.84. The molecule has 0 atom stereocenters. The van der Waals surface area contributed by atoms with Gasteiger partial charge in [-0.15, -0.1) is 0 Å². The molecular weight excluding hydrogens is 721 g/mol. The summed E-state index contributed by atoms with van der Waals surface area (Å²) in [5, 5.41) is 0. The van der Waals surface area contributed by atoms with Crippen LogP contribution in [0.15, 0.2) is 26.8 Å². The molecule has 0 spiro atoms. The van der Waals surface area contributed by atoms with Gasteiger partial charge in [0.15, 0.2) is 0 Å². The second kappa shape index (κ2) is 11.6. The average Bonchev–Trinajstić information content (AvgIpc) is 2.08. The molecule has 1 aromatic carbocycles. The van der Waals surface area contributed by atoms with Crippen molar-refractivity contribution in [3.8, 4) is 0 Å². The zero-order valence-corrected chi connectivity index (χ0v) is 19.3. The van der Waals surface area contributed by atoms with E-state index >= 15 is 0 Å². The van der Waals surface area contributed by atoms with Crippen molar-refractivity contribution in [3.05, 3.63) is 26.8 Å². The van der Waals surface area contributed by atoms with Crippen LogP contribution in [0.3, 0.4) is 0 Å². The van der Waals surface area contributed by atoms with E-state index in [0.29, 0.717) is 0 Å². The van der Waals surface area contributed by atoms with E-state index in [-0.39, 0.29) is 40.9 Å². The zero-order chi connectivity index (χ0) is 9.46. The van der Waals surface area contributed by atoms with E-state index in [4.69, 9.17) is 0 Å². The largest absolute Gasteiger partial charge is 0.412 e. The molecule has 1 rings (SSSR count). The van der Waals surface area contributed by atoms with Crippen LogP contribution in [0.2, 0.25) is 0 Å². The predicted molar refractivity (Wildman–Crippen MR) is 89.2 cm³/mol. The topological polar surface area (TPSA) is 94.5 Å². The summed E-state index contributed by atoms with van der Waals surface area (Å²) in [7, 11) is 0. The Hall–Kier alpha value is 2.80. The van der Waals surface area contributed by atoms with Gasteiger partial charge in [0.05, 0.1) is 0 Å². The van der Waals surface area contributed by atoms with E-state index in [2.05, 4.69) is 95.6 Å². The van der Waals surface area contributed by atoms with Crippen LogP contribution in [0, 0.1) is 0 Å². The van der Waals surface area contributed by atoms with Gasteiger partial charge in [-0.25, -0.2) is 0 Å². The van der Waals surface area contributed by atoms with E-state index in [0.717, 1.165) is 26.8 Å². The quantitative estimate of drug-likeness (QED) is 0.223. The summed E-state index contributed by atoms with van der Waals surface area (Å²) in [5.41, 5.74) is 0. The van der Waals surface area contributed by atoms with E-state index in [1.807, 2.05) is 0 Å². The van der Waals surface area contributed by atoms with Crippen molar-refractivity contribution < 1.29 is 16.4 Å². The van der Waals surface area contributed by atoms with Gasteiger partial charge in [-0.3, -0.25) is 0 Å². The zero-order valence-electron chi connectivity index (χ0n) is 7.22. The van der Waals surface area contributed by atoms with Crippen LogP contribution in [-0.2, 0) is 0 Å². The molecule has 0 amide bonds. The van der Waals surface area contributed by atoms with Crippen molar-refractivity contribution in [1.82, 2.24) is 0 Å². The van der Waals surface area contributed by atoms with Gasteiger partial charge in [0.2, 0.25) is 0 Å². The van der Waals surface area contributed by atoms with E-state index in [1.165, 1.54) is 0 Å². The number of hydrogen-bond donors (Lipinski definition) is 0. The molecule has 10 heteroatoms. The molecule has 0 aliphatic heterocycles. The van der Waals surface area contributed by atoms with Gasteiger partial charge in [0.25, 0.3) is 0 Å². The molecule has 0 unspecified atom stereocenters. The van der Waals surface area contributed by atoms with Crippen LogP contribution in [0.5, 0.6) is 0 Å². The maximum Gasteiger partial charge on any atom is 0.0483 e. The Morgan fingerprint density at radius 2 is 0.438 bits per heavy atom. The molecule has 0 bridgehead atoms. The van der Waals surface area contributed by atoms with E-state index < -0.39 is 0 Å². The minimum Gasteiger partial charge on any atom is -0.412 e. The molecule has 0 aliphatic rings. The SMILES string of the molecule is Brc1c(Br)c(Br)c(Br)c(Br)c1Br.O.O.O.[Sb]. The number of rotatable bonds is 0. The van der Waals surface area contributed by atoms with Crippen LogP contribution in [0.25, 0.3) is 0 Å². The molecule has 0 aliphatic carbocycles. The molecular formula is C6H6Br6O3Sb. The molecule has 95 valence electrons. The van der Waals surface area contributed by atoms with E-state index in [9.17, 15) is 0 Å². The molecule has 0 saturated heterocycles. The van der Waals surface area contributed by atoms with Crippen molar-refractivity contribution in [1.29, 1.82) is 0 Å². The summed E-state index contributed by atoms with van der Waals surface area (Å²) in [4.78, 5) is 0. The Kier molecular flexibility index (Phi) is 19.7. The second-order valence-electron chi connectivity index (χ2n) is 1.88. The molecule has 6 N–H and O–H groups in total. The molecule has 0 saturated carbocycles. The summed E-state index contributed by atoms with van der Waals surface area (Å²) >= 11 is 20.6. The van der Waals surface area contributed by atoms with Crippen molar-refractivity contribution in [2.45, 2.75) is 0 Å². The minimum atomic E-state index is 0. The molecule has 0 fully saturated rings. The minimum absolute atomic E-state index is 0. The second-order valence-corrected chi connectivity index (χ2v) is 6.64. The Morgan fingerprint density at radius 3 is 0.500 bits per heavy atom. The molecule has 1 aromatic rings. The third-order valence-electron chi connectivity index (χ3n) is 1.16. The van der Waals surface area contributed by atoms with Crippen LogP contribution >= 0.6 is 95.6 Å². The predicted octanol–water partition coefficient (Wildman–Crippen LogP) is 3.41. The Labute approximate surface area is 161 Å². The molecule has 3 nitrogen and oxygen atoms in total. The first-order chi connectivity index (χ1) is 5.46. The van der Waals surface area contributed by atoms with Crippen LogP contribution in [-0.4, -0.2) is 40.9 Å². The van der Waals surface area contributed by atoms with Crippen LogP contribution in [0.1, 0.15) is 0 Å². The molecule has 3 radical (unpaired) electrons. The summed E-state index contributed by atoms with van der Waals surface area (Å²) in [6, 6.07) is 0. The number of halogens is 6. The summed E-state index contributed by atoms with van der Waals surface area (Å²) < 4.78 is 5.86. The monoisotopic (exact) mass is 720 g/mol. The first-order valence-corrected chi connectivity index (χ1v) is 7.39. The maximum absolute atomic E-state index is 3.44. The van der Waals surface area contributed by atoms with Crippen LogP contribution in [0.4, 0.5) is 0 Å². The van der Waals surface area contributed by atoms with Crippen molar-refractivity contribution >= 4 is 120 Å². The first-order valence-electron chi connectivity index (χ1n) is 2.63. The van der Waals surface area contributed by atoms with Crippen molar-refractivity contribution in [2.24, 2.45) is 0 Å². The number of hydrogen-bond acceptors (Lipinski definition) is 0. The maximum atomic E-state index is 3.44. The summed E-state index contributed by atoms with van der Waals surface area (Å²) in [6.07, 6.45) is 0. The van der Waals surface area contributed by atoms with Gasteiger partial charge in [0, 0.05) is 51.3 Å². The van der Waals surface area contributed by atoms with E-state index in [1.54, 1.807) is 0 Å². The van der Waals surface area contributed by atoms with Crippen molar-refractivity contribution in [3.63, 3.8) is 0 Å². The molecule has 0 heterocycles.